The number of carbonyl (C=O) groups is 2. The first-order valence-corrected chi connectivity index (χ1v) is 5.64. The summed E-state index contributed by atoms with van der Waals surface area (Å²) >= 11 is 0. The zero-order valence-electron chi connectivity index (χ0n) is 10.2. The Morgan fingerprint density at radius 2 is 1.94 bits per heavy atom. The lowest BCUT2D eigenvalue weighted by molar-refractivity contribution is -0.177. The largest absolute Gasteiger partial charge is 0.481 e. The monoisotopic (exact) mass is 267 g/mol. The van der Waals surface area contributed by atoms with Crippen molar-refractivity contribution < 1.29 is 27.9 Å². The number of rotatable bonds is 4. The van der Waals surface area contributed by atoms with Crippen LogP contribution in [0.15, 0.2) is 0 Å². The highest BCUT2D eigenvalue weighted by Crippen LogP contribution is 2.48. The van der Waals surface area contributed by atoms with Crippen molar-refractivity contribution >= 4 is 11.9 Å². The number of amides is 1. The average Bonchev–Trinajstić information content (AvgIpc) is 2.19. The minimum atomic E-state index is -4.87. The number of nitrogens with one attached hydrogen (secondary N) is 1. The van der Waals surface area contributed by atoms with Crippen LogP contribution in [0.2, 0.25) is 0 Å². The normalized spacial score (nSPS) is 26.3. The third-order valence-corrected chi connectivity index (χ3v) is 3.74. The standard InChI is InChI=1S/C11H16F3NO3/c1-10(2)6(3-4-8(16)17)5-7(10)15-9(18)11(12,13)14/h6-7H,3-5H2,1-2H3,(H,15,18)(H,16,17)/t6-,7+/m1/s1. The van der Waals surface area contributed by atoms with Gasteiger partial charge < -0.3 is 10.4 Å². The van der Waals surface area contributed by atoms with Crippen molar-refractivity contribution in [3.8, 4) is 0 Å². The molecule has 0 aromatic rings. The second kappa shape index (κ2) is 4.78. The van der Waals surface area contributed by atoms with Crippen LogP contribution in [-0.2, 0) is 9.59 Å². The first-order chi connectivity index (χ1) is 8.05. The van der Waals surface area contributed by atoms with Gasteiger partial charge in [-0.2, -0.15) is 13.2 Å². The number of carboxylic acids is 1. The summed E-state index contributed by atoms with van der Waals surface area (Å²) in [5.74, 6) is -2.84. The van der Waals surface area contributed by atoms with Crippen molar-refractivity contribution in [1.82, 2.24) is 5.32 Å². The summed E-state index contributed by atoms with van der Waals surface area (Å²) in [5.41, 5.74) is -0.504. The summed E-state index contributed by atoms with van der Waals surface area (Å²) in [6, 6.07) is -0.551. The van der Waals surface area contributed by atoms with Crippen molar-refractivity contribution in [2.75, 3.05) is 0 Å². The van der Waals surface area contributed by atoms with Crippen LogP contribution in [0.25, 0.3) is 0 Å². The minimum absolute atomic E-state index is 0.00592. The second-order valence-electron chi connectivity index (χ2n) is 5.21. The maximum absolute atomic E-state index is 12.1. The number of alkyl halides is 3. The molecule has 0 spiro atoms. The predicted molar refractivity (Wildman–Crippen MR) is 56.7 cm³/mol. The molecule has 2 N–H and O–H groups in total. The van der Waals surface area contributed by atoms with Crippen molar-refractivity contribution in [2.45, 2.75) is 45.3 Å². The Kier molecular flexibility index (Phi) is 3.92. The third-order valence-electron chi connectivity index (χ3n) is 3.74. The van der Waals surface area contributed by atoms with E-state index >= 15 is 0 Å². The minimum Gasteiger partial charge on any atom is -0.481 e. The summed E-state index contributed by atoms with van der Waals surface area (Å²) in [7, 11) is 0. The lowest BCUT2D eigenvalue weighted by Gasteiger charge is -2.52. The van der Waals surface area contributed by atoms with Crippen LogP contribution in [0.1, 0.15) is 33.1 Å². The van der Waals surface area contributed by atoms with Gasteiger partial charge in [-0.3, -0.25) is 9.59 Å². The van der Waals surface area contributed by atoms with Gasteiger partial charge in [-0.05, 0) is 24.2 Å². The van der Waals surface area contributed by atoms with Crippen molar-refractivity contribution in [3.05, 3.63) is 0 Å². The molecule has 104 valence electrons. The molecule has 2 atom stereocenters. The lowest BCUT2D eigenvalue weighted by atomic mass is 9.57. The van der Waals surface area contributed by atoms with Crippen LogP contribution in [0, 0.1) is 11.3 Å². The van der Waals surface area contributed by atoms with Crippen molar-refractivity contribution in [1.29, 1.82) is 0 Å². The van der Waals surface area contributed by atoms with Gasteiger partial charge in [-0.15, -0.1) is 0 Å². The fraction of sp³-hybridized carbons (Fsp3) is 0.818. The van der Waals surface area contributed by atoms with Crippen LogP contribution in [0.5, 0.6) is 0 Å². The molecule has 0 aromatic heterocycles. The van der Waals surface area contributed by atoms with E-state index in [1.165, 1.54) is 0 Å². The van der Waals surface area contributed by atoms with Gasteiger partial charge in [0.1, 0.15) is 0 Å². The fourth-order valence-electron chi connectivity index (χ4n) is 2.29. The topological polar surface area (TPSA) is 66.4 Å². The summed E-state index contributed by atoms with van der Waals surface area (Å²) in [4.78, 5) is 21.2. The first-order valence-electron chi connectivity index (χ1n) is 5.64. The summed E-state index contributed by atoms with van der Waals surface area (Å²) in [6.45, 7) is 3.48. The lowest BCUT2D eigenvalue weighted by Crippen LogP contribution is -2.60. The van der Waals surface area contributed by atoms with E-state index in [0.29, 0.717) is 12.8 Å². The van der Waals surface area contributed by atoms with Gasteiger partial charge in [-0.1, -0.05) is 13.8 Å². The smallest absolute Gasteiger partial charge is 0.471 e. The maximum atomic E-state index is 12.1. The Labute approximate surface area is 103 Å². The average molecular weight is 267 g/mol. The highest BCUT2D eigenvalue weighted by atomic mass is 19.4. The van der Waals surface area contributed by atoms with Gasteiger partial charge in [0.25, 0.3) is 0 Å². The molecule has 1 aliphatic carbocycles. The van der Waals surface area contributed by atoms with E-state index in [4.69, 9.17) is 5.11 Å². The van der Waals surface area contributed by atoms with E-state index in [0.717, 1.165) is 0 Å². The molecule has 0 aliphatic heterocycles. The first kappa shape index (κ1) is 14.8. The Hall–Kier alpha value is -1.27. The Bertz CT molecular complexity index is 352. The number of hydrogen-bond donors (Lipinski definition) is 2. The zero-order valence-corrected chi connectivity index (χ0v) is 10.2. The summed E-state index contributed by atoms with van der Waals surface area (Å²) < 4.78 is 36.2. The molecule has 18 heavy (non-hydrogen) atoms. The number of halogens is 3. The predicted octanol–water partition coefficient (Wildman–Crippen LogP) is 1.94. The van der Waals surface area contributed by atoms with Crippen LogP contribution in [-0.4, -0.2) is 29.2 Å². The molecule has 7 heteroatoms. The van der Waals surface area contributed by atoms with E-state index in [2.05, 4.69) is 0 Å². The molecular formula is C11H16F3NO3. The van der Waals surface area contributed by atoms with Gasteiger partial charge >= 0.3 is 18.1 Å². The van der Waals surface area contributed by atoms with Gasteiger partial charge in [0.05, 0.1) is 0 Å². The zero-order chi connectivity index (χ0) is 14.1. The van der Waals surface area contributed by atoms with Gasteiger partial charge in [0.2, 0.25) is 0 Å². The van der Waals surface area contributed by atoms with Gasteiger partial charge in [-0.25, -0.2) is 0 Å². The van der Waals surface area contributed by atoms with E-state index in [1.807, 2.05) is 5.32 Å². The fourth-order valence-corrected chi connectivity index (χ4v) is 2.29. The second-order valence-corrected chi connectivity index (χ2v) is 5.21. The maximum Gasteiger partial charge on any atom is 0.471 e. The van der Waals surface area contributed by atoms with E-state index in [-0.39, 0.29) is 12.3 Å². The molecule has 1 rings (SSSR count). The van der Waals surface area contributed by atoms with Crippen LogP contribution in [0.3, 0.4) is 0 Å². The number of hydrogen-bond acceptors (Lipinski definition) is 2. The molecule has 4 nitrogen and oxygen atoms in total. The van der Waals surface area contributed by atoms with Crippen LogP contribution in [0.4, 0.5) is 13.2 Å². The molecule has 1 amide bonds. The highest BCUT2D eigenvalue weighted by Gasteiger charge is 2.51. The molecule has 1 fully saturated rings. The number of aliphatic carboxylic acids is 1. The number of carbonyl (C=O) groups excluding carboxylic acids is 1. The molecule has 0 radical (unpaired) electrons. The van der Waals surface area contributed by atoms with Crippen molar-refractivity contribution in [3.63, 3.8) is 0 Å². The van der Waals surface area contributed by atoms with Gasteiger partial charge in [0, 0.05) is 12.5 Å². The molecular weight excluding hydrogens is 251 g/mol. The molecule has 0 heterocycles. The third kappa shape index (κ3) is 3.14. The van der Waals surface area contributed by atoms with Gasteiger partial charge in [0.15, 0.2) is 0 Å². The molecule has 0 unspecified atom stereocenters. The Morgan fingerprint density at radius 1 is 1.39 bits per heavy atom. The molecule has 1 saturated carbocycles. The highest BCUT2D eigenvalue weighted by molar-refractivity contribution is 5.82. The van der Waals surface area contributed by atoms with E-state index in [9.17, 15) is 22.8 Å². The summed E-state index contributed by atoms with van der Waals surface area (Å²) in [5, 5.41) is 10.5. The SMILES string of the molecule is CC1(C)[C@H](CCC(=O)O)C[C@@H]1NC(=O)C(F)(F)F. The van der Waals surface area contributed by atoms with E-state index in [1.54, 1.807) is 13.8 Å². The molecule has 0 saturated heterocycles. The Balaban J connectivity index is 2.49. The van der Waals surface area contributed by atoms with Crippen molar-refractivity contribution in [2.24, 2.45) is 11.3 Å². The van der Waals surface area contributed by atoms with Crippen LogP contribution < -0.4 is 5.32 Å². The molecule has 1 aliphatic rings. The number of carboxylic acid groups (broad SMARTS) is 1. The molecule has 0 aromatic carbocycles. The summed E-state index contributed by atoms with van der Waals surface area (Å²) in [6.07, 6.45) is -4.07. The van der Waals surface area contributed by atoms with E-state index < -0.39 is 29.5 Å². The Morgan fingerprint density at radius 3 is 2.33 bits per heavy atom. The quantitative estimate of drug-likeness (QED) is 0.818. The van der Waals surface area contributed by atoms with Crippen LogP contribution >= 0.6 is 0 Å². The molecule has 0 bridgehead atoms.